The van der Waals surface area contributed by atoms with Gasteiger partial charge in [0.2, 0.25) is 0 Å². The van der Waals surface area contributed by atoms with E-state index in [2.05, 4.69) is 254 Å². The Kier molecular flexibility index (Phi) is 8.68. The number of fused-ring (bicyclic) bond motifs is 15. The molecule has 0 N–H and O–H groups in total. The molecule has 1 spiro atoms. The molecule has 3 aliphatic rings. The van der Waals surface area contributed by atoms with Crippen LogP contribution in [0.25, 0.3) is 42.4 Å². The predicted octanol–water partition coefficient (Wildman–Crippen LogP) is 18.1. The lowest BCUT2D eigenvalue weighted by Gasteiger charge is -2.40. The van der Waals surface area contributed by atoms with Gasteiger partial charge >= 0.3 is 0 Å². The van der Waals surface area contributed by atoms with E-state index in [-0.39, 0.29) is 5.41 Å². The second kappa shape index (κ2) is 14.9. The first-order valence-electron chi connectivity index (χ1n) is 23.5. The SMILES string of the molecule is CC1(C)c2ccccc2-c2ccc(N(c3ccccc3)c3cccc4sc5ccc(N(c6ccccc6)c6ccc7c(c6)C6(c8ccccc8Sc8ccccc86)c6ccccc6-7)cc5c34)cc21. The van der Waals surface area contributed by atoms with Gasteiger partial charge in [0, 0.05) is 63.8 Å². The average molecular weight is 905 g/mol. The number of rotatable bonds is 6. The van der Waals surface area contributed by atoms with Gasteiger partial charge in [0.25, 0.3) is 0 Å². The molecule has 0 saturated heterocycles. The first-order valence-corrected chi connectivity index (χ1v) is 25.1. The molecule has 0 saturated carbocycles. The van der Waals surface area contributed by atoms with E-state index >= 15 is 0 Å². The van der Waals surface area contributed by atoms with Gasteiger partial charge in [-0.1, -0.05) is 165 Å². The third-order valence-corrected chi connectivity index (χ3v) is 17.2. The van der Waals surface area contributed by atoms with Crippen LogP contribution in [0, 0.1) is 0 Å². The van der Waals surface area contributed by atoms with Crippen molar-refractivity contribution in [1.29, 1.82) is 0 Å². The van der Waals surface area contributed by atoms with Crippen LogP contribution in [0.4, 0.5) is 34.1 Å². The highest BCUT2D eigenvalue weighted by molar-refractivity contribution is 7.99. The maximum Gasteiger partial charge on any atom is 0.0736 e. The van der Waals surface area contributed by atoms with Gasteiger partial charge in [-0.15, -0.1) is 11.3 Å². The molecule has 11 aromatic rings. The topological polar surface area (TPSA) is 6.48 Å². The van der Waals surface area contributed by atoms with Gasteiger partial charge in [-0.2, -0.15) is 0 Å². The van der Waals surface area contributed by atoms with Crippen LogP contribution in [0.15, 0.2) is 240 Å². The van der Waals surface area contributed by atoms with Crippen LogP contribution in [0.5, 0.6) is 0 Å². The number of hydrogen-bond donors (Lipinski definition) is 0. The van der Waals surface area contributed by atoms with Crippen molar-refractivity contribution in [3.8, 4) is 22.3 Å². The van der Waals surface area contributed by atoms with Crippen molar-refractivity contribution in [1.82, 2.24) is 0 Å². The third kappa shape index (κ3) is 5.59. The summed E-state index contributed by atoms with van der Waals surface area (Å²) in [6.45, 7) is 4.74. The Labute approximate surface area is 405 Å². The molecule has 1 aliphatic heterocycles. The highest BCUT2D eigenvalue weighted by Gasteiger charge is 2.50. The molecule has 4 heteroatoms. The van der Waals surface area contributed by atoms with Crippen LogP contribution < -0.4 is 9.80 Å². The molecule has 0 fully saturated rings. The standard InChI is InChI=1S/C64H44N2S2/c1-63(2)51-24-11-9-22-46(51)48-35-33-45(39-55(48)63)66(42-20-7-4-8-21-42)57-28-17-31-61-62(57)50-38-43(34-37-58(50)67-61)65(41-18-5-3-6-19-41)44-32-36-49-47-23-10-12-25-52(47)64(56(49)40-44)53-26-13-15-29-59(53)68-60-30-16-14-27-54(60)64/h3-40H,1-2H3. The number of thiophene rings is 1. The molecule has 0 amide bonds. The highest BCUT2D eigenvalue weighted by Crippen LogP contribution is 2.63. The molecule has 2 aliphatic carbocycles. The molecule has 2 heterocycles. The predicted molar refractivity (Wildman–Crippen MR) is 288 cm³/mol. The zero-order valence-electron chi connectivity index (χ0n) is 37.7. The van der Waals surface area contributed by atoms with E-state index in [1.807, 2.05) is 23.1 Å². The van der Waals surface area contributed by atoms with Crippen LogP contribution >= 0.6 is 23.1 Å². The van der Waals surface area contributed by atoms with Gasteiger partial charge in [0.15, 0.2) is 0 Å². The van der Waals surface area contributed by atoms with E-state index in [1.54, 1.807) is 0 Å². The molecule has 0 bridgehead atoms. The minimum Gasteiger partial charge on any atom is -0.310 e. The summed E-state index contributed by atoms with van der Waals surface area (Å²) in [5.41, 5.74) is 19.6. The fourth-order valence-electron chi connectivity index (χ4n) is 12.0. The zero-order chi connectivity index (χ0) is 45.1. The van der Waals surface area contributed by atoms with Crippen molar-refractivity contribution >= 4 is 77.4 Å². The van der Waals surface area contributed by atoms with Crippen molar-refractivity contribution in [2.75, 3.05) is 9.80 Å². The minimum atomic E-state index is -0.471. The number of hydrogen-bond acceptors (Lipinski definition) is 4. The summed E-state index contributed by atoms with van der Waals surface area (Å²) in [5, 5.41) is 2.50. The second-order valence-electron chi connectivity index (χ2n) is 18.8. The number of nitrogens with zero attached hydrogens (tertiary/aromatic N) is 2. The number of benzene rings is 10. The summed E-state index contributed by atoms with van der Waals surface area (Å²) >= 11 is 3.76. The largest absolute Gasteiger partial charge is 0.310 e. The Bertz CT molecular complexity index is 3780. The lowest BCUT2D eigenvalue weighted by molar-refractivity contribution is 0.660. The summed E-state index contributed by atoms with van der Waals surface area (Å²) in [6.07, 6.45) is 0. The normalized spacial score (nSPS) is 14.2. The molecule has 1 aromatic heterocycles. The zero-order valence-corrected chi connectivity index (χ0v) is 39.3. The molecule has 0 atom stereocenters. The Balaban J connectivity index is 0.976. The highest BCUT2D eigenvalue weighted by atomic mass is 32.2. The van der Waals surface area contributed by atoms with Gasteiger partial charge in [-0.3, -0.25) is 0 Å². The molecular weight excluding hydrogens is 861 g/mol. The maximum atomic E-state index is 2.50. The van der Waals surface area contributed by atoms with Crippen LogP contribution in [0.3, 0.4) is 0 Å². The van der Waals surface area contributed by atoms with Gasteiger partial charge in [-0.05, 0) is 147 Å². The molecule has 2 nitrogen and oxygen atoms in total. The van der Waals surface area contributed by atoms with Crippen LogP contribution in [-0.4, -0.2) is 0 Å². The van der Waals surface area contributed by atoms with Crippen molar-refractivity contribution in [2.45, 2.75) is 34.5 Å². The quantitative estimate of drug-likeness (QED) is 0.164. The van der Waals surface area contributed by atoms with Crippen LogP contribution in [0.2, 0.25) is 0 Å². The van der Waals surface area contributed by atoms with E-state index in [4.69, 9.17) is 0 Å². The molecular formula is C64H44N2S2. The van der Waals surface area contributed by atoms with Gasteiger partial charge in [0.05, 0.1) is 11.1 Å². The Morgan fingerprint density at radius 1 is 0.338 bits per heavy atom. The van der Waals surface area contributed by atoms with E-state index in [0.717, 1.165) is 28.4 Å². The van der Waals surface area contributed by atoms with Gasteiger partial charge in [0.1, 0.15) is 0 Å². The van der Waals surface area contributed by atoms with E-state index < -0.39 is 5.41 Å². The minimum absolute atomic E-state index is 0.121. The maximum absolute atomic E-state index is 2.50. The summed E-state index contributed by atoms with van der Waals surface area (Å²) in [4.78, 5) is 7.56. The first-order chi connectivity index (χ1) is 33.5. The monoisotopic (exact) mass is 904 g/mol. The molecule has 14 rings (SSSR count). The number of para-hydroxylation sites is 2. The molecule has 68 heavy (non-hydrogen) atoms. The van der Waals surface area contributed by atoms with Crippen molar-refractivity contribution in [3.63, 3.8) is 0 Å². The fourth-order valence-corrected chi connectivity index (χ4v) is 14.3. The van der Waals surface area contributed by atoms with E-state index in [9.17, 15) is 0 Å². The van der Waals surface area contributed by atoms with Crippen molar-refractivity contribution < 1.29 is 0 Å². The summed E-state index contributed by atoms with van der Waals surface area (Å²) in [7, 11) is 0. The molecule has 0 radical (unpaired) electrons. The summed E-state index contributed by atoms with van der Waals surface area (Å²) in [6, 6.07) is 86.2. The average Bonchev–Trinajstić information content (AvgIpc) is 3.98. The molecule has 10 aromatic carbocycles. The Morgan fingerprint density at radius 3 is 1.53 bits per heavy atom. The van der Waals surface area contributed by atoms with Crippen LogP contribution in [0.1, 0.15) is 47.2 Å². The van der Waals surface area contributed by atoms with Crippen molar-refractivity contribution in [2.24, 2.45) is 0 Å². The second-order valence-corrected chi connectivity index (χ2v) is 21.0. The lowest BCUT2D eigenvalue weighted by Crippen LogP contribution is -2.32. The van der Waals surface area contributed by atoms with Crippen LogP contribution in [-0.2, 0) is 10.8 Å². The van der Waals surface area contributed by atoms with Gasteiger partial charge < -0.3 is 9.80 Å². The smallest absolute Gasteiger partial charge is 0.0736 e. The summed E-state index contributed by atoms with van der Waals surface area (Å²) in [5.74, 6) is 0. The fraction of sp³-hybridized carbons (Fsp3) is 0.0625. The van der Waals surface area contributed by atoms with E-state index in [1.165, 1.54) is 91.3 Å². The van der Waals surface area contributed by atoms with Crippen molar-refractivity contribution in [3.05, 3.63) is 264 Å². The summed E-state index contributed by atoms with van der Waals surface area (Å²) < 4.78 is 2.53. The Hall–Kier alpha value is -7.63. The van der Waals surface area contributed by atoms with E-state index in [0.29, 0.717) is 0 Å². The molecule has 322 valence electrons. The Morgan fingerprint density at radius 2 is 0.838 bits per heavy atom. The van der Waals surface area contributed by atoms with Gasteiger partial charge in [-0.25, -0.2) is 0 Å². The third-order valence-electron chi connectivity index (χ3n) is 14.9. The molecule has 0 unspecified atom stereocenters. The number of anilines is 6. The lowest BCUT2D eigenvalue weighted by atomic mass is 9.67. The first kappa shape index (κ1) is 39.5.